The summed E-state index contributed by atoms with van der Waals surface area (Å²) in [5.41, 5.74) is 2.91. The van der Waals surface area contributed by atoms with Crippen LogP contribution in [0.15, 0.2) is 24.4 Å². The number of hydrogen-bond acceptors (Lipinski definition) is 3. The van der Waals surface area contributed by atoms with E-state index in [0.717, 1.165) is 18.6 Å². The van der Waals surface area contributed by atoms with Crippen molar-refractivity contribution >= 4 is 16.6 Å². The van der Waals surface area contributed by atoms with Gasteiger partial charge >= 0.3 is 0 Å². The minimum atomic E-state index is 0.348. The second-order valence-electron chi connectivity index (χ2n) is 21.8. The van der Waals surface area contributed by atoms with Crippen molar-refractivity contribution in [3.05, 3.63) is 24.4 Å². The first-order valence-corrected chi connectivity index (χ1v) is 29.8. The molecule has 64 heavy (non-hydrogen) atoms. The minimum absolute atomic E-state index is 0.348. The van der Waals surface area contributed by atoms with E-state index >= 15 is 0 Å². The molecule has 1 saturated carbocycles. The lowest BCUT2D eigenvalue weighted by Crippen LogP contribution is -2.56. The van der Waals surface area contributed by atoms with Crippen molar-refractivity contribution in [2.45, 2.75) is 320 Å². The summed E-state index contributed by atoms with van der Waals surface area (Å²) in [4.78, 5) is 2.83. The van der Waals surface area contributed by atoms with Gasteiger partial charge in [0.1, 0.15) is 0 Å². The van der Waals surface area contributed by atoms with Gasteiger partial charge in [-0.3, -0.25) is 5.10 Å². The summed E-state index contributed by atoms with van der Waals surface area (Å²) in [6, 6.07) is 7.02. The van der Waals surface area contributed by atoms with Crippen molar-refractivity contribution < 1.29 is 0 Å². The molecule has 2 aliphatic rings. The Morgan fingerprint density at radius 2 is 0.656 bits per heavy atom. The molecule has 0 radical (unpaired) electrons. The summed E-state index contributed by atoms with van der Waals surface area (Å²) >= 11 is 0. The molecule has 1 aliphatic heterocycles. The number of aromatic amines is 1. The monoisotopic (exact) mass is 887 g/mol. The Kier molecular flexibility index (Phi) is 33.9. The van der Waals surface area contributed by atoms with Crippen molar-refractivity contribution in [2.75, 3.05) is 24.5 Å². The standard InChI is InChI=1S/C60H110N4/c1-2-4-6-8-10-12-14-16-18-20-22-24-26-28-30-32-34-36-38-40-42-44-49-60(50-46-51-60)64(58-47-48-59-57(55-58)56-62-63-59)54-53-61-52-45-43-41-39-37-35-33-31-29-27-25-23-21-19-17-15-13-11-9-7-5-3-1/h47-48,55-56,61H,1-46,49-54H2,(H,62,63). The highest BCUT2D eigenvalue weighted by molar-refractivity contribution is 5.82. The molecule has 4 rings (SSSR count). The molecule has 0 unspecified atom stereocenters. The SMILES string of the molecule is c1cc2[nH]ncc2cc1N1CCNCCCCCCCCCCCCCCCCCCCCCCCCCCCCCCCCCCCCCCCCCCCCCCCC12CCC2. The van der Waals surface area contributed by atoms with Gasteiger partial charge in [-0.1, -0.05) is 283 Å². The molecule has 1 spiro atoms. The maximum atomic E-state index is 4.34. The second kappa shape index (κ2) is 39.4. The quantitative estimate of drug-likeness (QED) is 0.300. The predicted octanol–water partition coefficient (Wildman–Crippen LogP) is 19.8. The average Bonchev–Trinajstić information content (AvgIpc) is 3.77. The summed E-state index contributed by atoms with van der Waals surface area (Å²) < 4.78 is 0. The van der Waals surface area contributed by atoms with Crippen LogP contribution in [0.5, 0.6) is 0 Å². The lowest BCUT2D eigenvalue weighted by atomic mass is 9.71. The van der Waals surface area contributed by atoms with E-state index in [2.05, 4.69) is 38.6 Å². The minimum Gasteiger partial charge on any atom is -0.365 e. The smallest absolute Gasteiger partial charge is 0.0651 e. The molecule has 4 heteroatoms. The first kappa shape index (κ1) is 55.0. The molecule has 0 bridgehead atoms. The van der Waals surface area contributed by atoms with Crippen molar-refractivity contribution in [3.8, 4) is 0 Å². The van der Waals surface area contributed by atoms with E-state index in [1.165, 1.54) is 332 Å². The van der Waals surface area contributed by atoms with E-state index in [-0.39, 0.29) is 0 Å². The van der Waals surface area contributed by atoms with E-state index in [1.807, 2.05) is 6.20 Å². The molecular formula is C60H110N4. The molecule has 2 fully saturated rings. The van der Waals surface area contributed by atoms with E-state index in [4.69, 9.17) is 0 Å². The fourth-order valence-electron chi connectivity index (χ4n) is 11.6. The summed E-state index contributed by atoms with van der Waals surface area (Å²) in [6.45, 7) is 3.37. The third-order valence-electron chi connectivity index (χ3n) is 16.1. The molecule has 0 atom stereocenters. The fraction of sp³-hybridized carbons (Fsp3) is 0.883. The Hall–Kier alpha value is -1.55. The zero-order valence-electron chi connectivity index (χ0n) is 43.0. The number of hydrogen-bond donors (Lipinski definition) is 2. The number of benzene rings is 1. The Labute approximate surface area is 399 Å². The highest BCUT2D eigenvalue weighted by Gasteiger charge is 2.41. The van der Waals surface area contributed by atoms with Gasteiger partial charge in [0.2, 0.25) is 0 Å². The zero-order chi connectivity index (χ0) is 44.5. The Morgan fingerprint density at radius 1 is 0.344 bits per heavy atom. The first-order chi connectivity index (χ1) is 31.9. The van der Waals surface area contributed by atoms with Gasteiger partial charge in [0.25, 0.3) is 0 Å². The van der Waals surface area contributed by atoms with E-state index in [1.54, 1.807) is 0 Å². The van der Waals surface area contributed by atoms with Crippen LogP contribution in [-0.4, -0.2) is 35.4 Å². The number of rotatable bonds is 1. The third kappa shape index (κ3) is 26.7. The van der Waals surface area contributed by atoms with Gasteiger partial charge in [-0.2, -0.15) is 5.10 Å². The number of nitrogens with zero attached hydrogens (tertiary/aromatic N) is 2. The maximum absolute atomic E-state index is 4.34. The fourth-order valence-corrected chi connectivity index (χ4v) is 11.6. The highest BCUT2D eigenvalue weighted by atomic mass is 15.2. The molecule has 1 aliphatic carbocycles. The lowest BCUT2D eigenvalue weighted by molar-refractivity contribution is 0.205. The molecule has 2 N–H and O–H groups in total. The molecule has 370 valence electrons. The van der Waals surface area contributed by atoms with Gasteiger partial charge in [-0.05, 0) is 56.8 Å². The van der Waals surface area contributed by atoms with Crippen molar-refractivity contribution in [3.63, 3.8) is 0 Å². The van der Waals surface area contributed by atoms with Crippen LogP contribution in [0.4, 0.5) is 5.69 Å². The summed E-state index contributed by atoms with van der Waals surface area (Å²) in [5, 5.41) is 12.6. The molecule has 1 saturated heterocycles. The molecule has 0 amide bonds. The van der Waals surface area contributed by atoms with Gasteiger partial charge in [-0.15, -0.1) is 0 Å². The van der Waals surface area contributed by atoms with E-state index in [0.29, 0.717) is 5.54 Å². The summed E-state index contributed by atoms with van der Waals surface area (Å²) in [7, 11) is 0. The van der Waals surface area contributed by atoms with E-state index in [9.17, 15) is 0 Å². The largest absolute Gasteiger partial charge is 0.365 e. The topological polar surface area (TPSA) is 44.0 Å². The van der Waals surface area contributed by atoms with Crippen molar-refractivity contribution in [2.24, 2.45) is 0 Å². The number of H-pyrrole nitrogens is 1. The van der Waals surface area contributed by atoms with Gasteiger partial charge in [0.15, 0.2) is 0 Å². The molecule has 2 heterocycles. The van der Waals surface area contributed by atoms with Gasteiger partial charge < -0.3 is 10.2 Å². The summed E-state index contributed by atoms with van der Waals surface area (Å²) in [6.07, 6.45) is 73.5. The molecule has 1 aromatic carbocycles. The normalized spacial score (nSPS) is 23.5. The van der Waals surface area contributed by atoms with Crippen LogP contribution in [0, 0.1) is 0 Å². The maximum Gasteiger partial charge on any atom is 0.0651 e. The molecular weight excluding hydrogens is 777 g/mol. The molecule has 1 aromatic heterocycles. The van der Waals surface area contributed by atoms with Crippen LogP contribution >= 0.6 is 0 Å². The van der Waals surface area contributed by atoms with Crippen LogP contribution in [0.25, 0.3) is 10.9 Å². The third-order valence-corrected chi connectivity index (χ3v) is 16.1. The number of aromatic nitrogens is 2. The van der Waals surface area contributed by atoms with Gasteiger partial charge in [0.05, 0.1) is 11.7 Å². The Bertz CT molecular complexity index is 1280. The second-order valence-corrected chi connectivity index (χ2v) is 21.8. The lowest BCUT2D eigenvalue weighted by Gasteiger charge is -2.52. The van der Waals surface area contributed by atoms with Crippen LogP contribution in [0.3, 0.4) is 0 Å². The van der Waals surface area contributed by atoms with E-state index < -0.39 is 0 Å². The van der Waals surface area contributed by atoms with Crippen LogP contribution in [0.2, 0.25) is 0 Å². The number of anilines is 1. The Balaban J connectivity index is 1.07. The van der Waals surface area contributed by atoms with Crippen molar-refractivity contribution in [1.82, 2.24) is 15.5 Å². The average molecular weight is 888 g/mol. The molecule has 2 aromatic rings. The zero-order valence-corrected chi connectivity index (χ0v) is 43.0. The van der Waals surface area contributed by atoms with Crippen LogP contribution < -0.4 is 10.2 Å². The van der Waals surface area contributed by atoms with Crippen LogP contribution in [0.1, 0.15) is 315 Å². The number of nitrogens with one attached hydrogen (secondary N) is 2. The predicted molar refractivity (Wildman–Crippen MR) is 285 cm³/mol. The Morgan fingerprint density at radius 3 is 0.984 bits per heavy atom. The first-order valence-electron chi connectivity index (χ1n) is 29.8. The van der Waals surface area contributed by atoms with Crippen LogP contribution in [-0.2, 0) is 0 Å². The van der Waals surface area contributed by atoms with Crippen molar-refractivity contribution in [1.29, 1.82) is 0 Å². The number of fused-ring (bicyclic) bond motifs is 1. The van der Waals surface area contributed by atoms with Gasteiger partial charge in [0, 0.05) is 29.7 Å². The molecule has 4 nitrogen and oxygen atoms in total. The summed E-state index contributed by atoms with van der Waals surface area (Å²) in [5.74, 6) is 0. The van der Waals surface area contributed by atoms with Gasteiger partial charge in [-0.25, -0.2) is 0 Å². The highest BCUT2D eigenvalue weighted by Crippen LogP contribution is 2.44.